The average Bonchev–Trinajstić information content (AvgIpc) is 2.47. The Bertz CT molecular complexity index is 322. The number of anilines is 1. The van der Waals surface area contributed by atoms with E-state index in [0.717, 1.165) is 0 Å². The Morgan fingerprint density at radius 1 is 1.54 bits per heavy atom. The van der Waals surface area contributed by atoms with Gasteiger partial charge in [-0.25, -0.2) is 4.98 Å². The van der Waals surface area contributed by atoms with Crippen molar-refractivity contribution < 1.29 is 0 Å². The Labute approximate surface area is 81.0 Å². The molecule has 0 fully saturated rings. The van der Waals surface area contributed by atoms with Gasteiger partial charge in [-0.3, -0.25) is 10.6 Å². The van der Waals surface area contributed by atoms with Gasteiger partial charge in [-0.1, -0.05) is 17.7 Å². The molecule has 13 heavy (non-hydrogen) atoms. The number of nitrogens with two attached hydrogens (primary N) is 1. The zero-order chi connectivity index (χ0) is 9.31. The average molecular weight is 197 g/mol. The van der Waals surface area contributed by atoms with E-state index in [4.69, 9.17) is 17.3 Å². The lowest BCUT2D eigenvalue weighted by Crippen LogP contribution is -2.54. The molecule has 2 rings (SSSR count). The molecule has 0 saturated carbocycles. The SMILES string of the molecule is NC1(Cl)NC=CN1c1ccccn1. The molecule has 0 saturated heterocycles. The number of alkyl halides is 1. The van der Waals surface area contributed by atoms with Crippen LogP contribution >= 0.6 is 11.6 Å². The summed E-state index contributed by atoms with van der Waals surface area (Å²) in [6.07, 6.45) is 5.12. The monoisotopic (exact) mass is 196 g/mol. The Hall–Kier alpha value is -1.26. The Morgan fingerprint density at radius 3 is 2.92 bits per heavy atom. The lowest BCUT2D eigenvalue weighted by Gasteiger charge is -2.28. The highest BCUT2D eigenvalue weighted by atomic mass is 35.5. The zero-order valence-corrected chi connectivity index (χ0v) is 7.57. The largest absolute Gasteiger partial charge is 0.342 e. The van der Waals surface area contributed by atoms with Gasteiger partial charge in [0.2, 0.25) is 5.25 Å². The summed E-state index contributed by atoms with van der Waals surface area (Å²) in [5.41, 5.74) is 5.73. The predicted molar refractivity (Wildman–Crippen MR) is 51.8 cm³/mol. The van der Waals surface area contributed by atoms with Crippen molar-refractivity contribution in [2.45, 2.75) is 5.25 Å². The second kappa shape index (κ2) is 2.90. The molecule has 1 atom stereocenters. The van der Waals surface area contributed by atoms with Crippen molar-refractivity contribution in [3.8, 4) is 0 Å². The number of nitrogens with zero attached hydrogens (tertiary/aromatic N) is 2. The van der Waals surface area contributed by atoms with E-state index in [1.54, 1.807) is 23.5 Å². The molecule has 0 radical (unpaired) electrons. The fourth-order valence-electron chi connectivity index (χ4n) is 1.15. The van der Waals surface area contributed by atoms with Crippen molar-refractivity contribution in [2.24, 2.45) is 5.73 Å². The minimum absolute atomic E-state index is 0.709. The van der Waals surface area contributed by atoms with Crippen molar-refractivity contribution in [3.05, 3.63) is 36.8 Å². The van der Waals surface area contributed by atoms with Gasteiger partial charge in [0.15, 0.2) is 0 Å². The van der Waals surface area contributed by atoms with Crippen molar-refractivity contribution in [1.82, 2.24) is 10.3 Å². The molecule has 68 valence electrons. The van der Waals surface area contributed by atoms with Crippen LogP contribution in [0.2, 0.25) is 0 Å². The van der Waals surface area contributed by atoms with Crippen LogP contribution in [-0.2, 0) is 0 Å². The summed E-state index contributed by atoms with van der Waals surface area (Å²) in [6.45, 7) is 0. The molecule has 1 unspecified atom stereocenters. The van der Waals surface area contributed by atoms with E-state index in [9.17, 15) is 0 Å². The van der Waals surface area contributed by atoms with E-state index in [2.05, 4.69) is 10.3 Å². The van der Waals surface area contributed by atoms with Crippen molar-refractivity contribution >= 4 is 17.4 Å². The summed E-state index contributed by atoms with van der Waals surface area (Å²) in [7, 11) is 0. The highest BCUT2D eigenvalue weighted by Gasteiger charge is 2.32. The minimum atomic E-state index is -1.10. The van der Waals surface area contributed by atoms with Gasteiger partial charge >= 0.3 is 0 Å². The van der Waals surface area contributed by atoms with Crippen molar-refractivity contribution in [1.29, 1.82) is 0 Å². The fraction of sp³-hybridized carbons (Fsp3) is 0.125. The molecule has 0 aliphatic carbocycles. The van der Waals surface area contributed by atoms with Crippen LogP contribution < -0.4 is 16.0 Å². The van der Waals surface area contributed by atoms with Crippen LogP contribution in [0.25, 0.3) is 0 Å². The minimum Gasteiger partial charge on any atom is -0.342 e. The molecule has 1 aromatic rings. The molecular formula is C8H9ClN4. The molecule has 2 heterocycles. The number of hydrogen-bond donors (Lipinski definition) is 2. The summed E-state index contributed by atoms with van der Waals surface area (Å²) in [6, 6.07) is 5.55. The van der Waals surface area contributed by atoms with Gasteiger partial charge in [0.1, 0.15) is 5.82 Å². The van der Waals surface area contributed by atoms with Gasteiger partial charge in [0, 0.05) is 18.6 Å². The van der Waals surface area contributed by atoms with Crippen LogP contribution in [0.4, 0.5) is 5.82 Å². The molecule has 4 nitrogen and oxygen atoms in total. The lowest BCUT2D eigenvalue weighted by atomic mass is 10.4. The Kier molecular flexibility index (Phi) is 1.86. The Balaban J connectivity index is 2.32. The fourth-order valence-corrected chi connectivity index (χ4v) is 1.35. The van der Waals surface area contributed by atoms with Crippen LogP contribution in [0, 0.1) is 0 Å². The van der Waals surface area contributed by atoms with E-state index in [-0.39, 0.29) is 0 Å². The molecule has 0 aromatic carbocycles. The molecule has 0 spiro atoms. The number of pyridine rings is 1. The first kappa shape index (κ1) is 8.34. The van der Waals surface area contributed by atoms with Crippen LogP contribution in [-0.4, -0.2) is 10.2 Å². The maximum atomic E-state index is 5.96. The Morgan fingerprint density at radius 2 is 2.38 bits per heavy atom. The summed E-state index contributed by atoms with van der Waals surface area (Å²) < 4.78 is 0. The predicted octanol–water partition coefficient (Wildman–Crippen LogP) is 0.771. The third kappa shape index (κ3) is 1.46. The first-order valence-corrected chi connectivity index (χ1v) is 4.20. The highest BCUT2D eigenvalue weighted by molar-refractivity contribution is 6.25. The maximum Gasteiger partial charge on any atom is 0.249 e. The van der Waals surface area contributed by atoms with E-state index in [0.29, 0.717) is 5.82 Å². The van der Waals surface area contributed by atoms with E-state index in [1.165, 1.54) is 0 Å². The third-order valence-electron chi connectivity index (χ3n) is 1.76. The molecule has 5 heteroatoms. The third-order valence-corrected chi connectivity index (χ3v) is 2.05. The summed E-state index contributed by atoms with van der Waals surface area (Å²) >= 11 is 5.96. The molecular weight excluding hydrogens is 188 g/mol. The van der Waals surface area contributed by atoms with Gasteiger partial charge in [0.05, 0.1) is 0 Å². The molecule has 0 amide bonds. The summed E-state index contributed by atoms with van der Waals surface area (Å²) in [5, 5.41) is 1.69. The van der Waals surface area contributed by atoms with Gasteiger partial charge in [-0.05, 0) is 12.1 Å². The molecule has 3 N–H and O–H groups in total. The second-order valence-electron chi connectivity index (χ2n) is 2.69. The maximum absolute atomic E-state index is 5.96. The number of rotatable bonds is 1. The van der Waals surface area contributed by atoms with Crippen molar-refractivity contribution in [2.75, 3.05) is 4.90 Å². The number of aromatic nitrogens is 1. The highest BCUT2D eigenvalue weighted by Crippen LogP contribution is 2.23. The quantitative estimate of drug-likeness (QED) is 0.515. The van der Waals surface area contributed by atoms with E-state index in [1.807, 2.05) is 18.2 Å². The van der Waals surface area contributed by atoms with Crippen LogP contribution in [0.3, 0.4) is 0 Å². The molecule has 1 aromatic heterocycles. The second-order valence-corrected chi connectivity index (χ2v) is 3.27. The number of nitrogens with one attached hydrogen (secondary N) is 1. The van der Waals surface area contributed by atoms with Crippen LogP contribution in [0.1, 0.15) is 0 Å². The normalized spacial score (nSPS) is 26.2. The van der Waals surface area contributed by atoms with Gasteiger partial charge < -0.3 is 5.32 Å². The van der Waals surface area contributed by atoms with Gasteiger partial charge in [0.25, 0.3) is 0 Å². The molecule has 0 bridgehead atoms. The van der Waals surface area contributed by atoms with Crippen LogP contribution in [0.15, 0.2) is 36.8 Å². The zero-order valence-electron chi connectivity index (χ0n) is 6.81. The number of halogens is 1. The first-order valence-electron chi connectivity index (χ1n) is 3.83. The first-order chi connectivity index (χ1) is 6.20. The summed E-state index contributed by atoms with van der Waals surface area (Å²) in [4.78, 5) is 5.77. The van der Waals surface area contributed by atoms with E-state index >= 15 is 0 Å². The smallest absolute Gasteiger partial charge is 0.249 e. The van der Waals surface area contributed by atoms with Crippen LogP contribution in [0.5, 0.6) is 0 Å². The molecule has 1 aliphatic heterocycles. The summed E-state index contributed by atoms with van der Waals surface area (Å²) in [5.74, 6) is 0.709. The topological polar surface area (TPSA) is 54.2 Å². The van der Waals surface area contributed by atoms with Gasteiger partial charge in [-0.2, -0.15) is 0 Å². The lowest BCUT2D eigenvalue weighted by molar-refractivity contribution is 0.573. The van der Waals surface area contributed by atoms with Crippen molar-refractivity contribution in [3.63, 3.8) is 0 Å². The standard InChI is InChI=1S/C8H9ClN4/c9-8(10)12-5-6-13(8)7-3-1-2-4-11-7/h1-6,12H,10H2. The number of hydrogen-bond acceptors (Lipinski definition) is 4. The van der Waals surface area contributed by atoms with E-state index < -0.39 is 5.25 Å². The molecule has 1 aliphatic rings. The van der Waals surface area contributed by atoms with Gasteiger partial charge in [-0.15, -0.1) is 0 Å².